The number of carbonyl (C=O) groups is 1. The molecule has 2 aliphatic rings. The number of nitriles is 1. The number of carbonyl (C=O) groups excluding carboxylic acids is 1. The highest BCUT2D eigenvalue weighted by molar-refractivity contribution is 5.78. The van der Waals surface area contributed by atoms with Gasteiger partial charge < -0.3 is 4.90 Å². The minimum Gasteiger partial charge on any atom is -0.341 e. The second-order valence-corrected chi connectivity index (χ2v) is 4.10. The zero-order valence-corrected chi connectivity index (χ0v) is 7.86. The van der Waals surface area contributed by atoms with E-state index in [4.69, 9.17) is 5.26 Å². The molecule has 13 heavy (non-hydrogen) atoms. The standard InChI is InChI=1S/C10H14N2O/c1-12-9(4-5-10(12)13)8(6-11)7-2-3-7/h7-9H,2-5H2,1H3. The molecule has 0 N–H and O–H groups in total. The summed E-state index contributed by atoms with van der Waals surface area (Å²) in [6, 6.07) is 2.56. The van der Waals surface area contributed by atoms with Crippen molar-refractivity contribution in [1.29, 1.82) is 5.26 Å². The maximum atomic E-state index is 11.3. The molecule has 0 spiro atoms. The highest BCUT2D eigenvalue weighted by Gasteiger charge is 2.42. The molecule has 1 aliphatic carbocycles. The number of rotatable bonds is 2. The Labute approximate surface area is 78.3 Å². The van der Waals surface area contributed by atoms with Crippen LogP contribution in [0.25, 0.3) is 0 Å². The molecule has 2 unspecified atom stereocenters. The Balaban J connectivity index is 2.07. The van der Waals surface area contributed by atoms with Crippen LogP contribution in [-0.2, 0) is 4.79 Å². The minimum atomic E-state index is 0.0939. The van der Waals surface area contributed by atoms with Crippen molar-refractivity contribution in [2.45, 2.75) is 31.7 Å². The zero-order chi connectivity index (χ0) is 9.42. The van der Waals surface area contributed by atoms with Crippen molar-refractivity contribution < 1.29 is 4.79 Å². The Kier molecular flexibility index (Phi) is 1.99. The van der Waals surface area contributed by atoms with Crippen LogP contribution in [0.1, 0.15) is 25.7 Å². The molecule has 2 rings (SSSR count). The van der Waals surface area contributed by atoms with Crippen molar-refractivity contribution in [1.82, 2.24) is 4.90 Å². The highest BCUT2D eigenvalue weighted by Crippen LogP contribution is 2.41. The van der Waals surface area contributed by atoms with E-state index in [1.54, 1.807) is 4.90 Å². The first kappa shape index (κ1) is 8.55. The van der Waals surface area contributed by atoms with Gasteiger partial charge in [-0.15, -0.1) is 0 Å². The number of nitrogens with zero attached hydrogens (tertiary/aromatic N) is 2. The zero-order valence-electron chi connectivity index (χ0n) is 7.86. The van der Waals surface area contributed by atoms with E-state index in [0.29, 0.717) is 12.3 Å². The van der Waals surface area contributed by atoms with E-state index in [2.05, 4.69) is 6.07 Å². The van der Waals surface area contributed by atoms with Crippen LogP contribution in [-0.4, -0.2) is 23.9 Å². The molecular weight excluding hydrogens is 164 g/mol. The molecule has 2 fully saturated rings. The second kappa shape index (κ2) is 3.02. The van der Waals surface area contributed by atoms with Gasteiger partial charge in [0.05, 0.1) is 12.0 Å². The summed E-state index contributed by atoms with van der Waals surface area (Å²) in [7, 11) is 1.83. The van der Waals surface area contributed by atoms with Crippen molar-refractivity contribution in [2.24, 2.45) is 11.8 Å². The molecule has 0 radical (unpaired) electrons. The molecule has 1 saturated carbocycles. The Hall–Kier alpha value is -1.04. The first-order valence-corrected chi connectivity index (χ1v) is 4.89. The first-order valence-electron chi connectivity index (χ1n) is 4.89. The van der Waals surface area contributed by atoms with Crippen LogP contribution in [0.2, 0.25) is 0 Å². The Morgan fingerprint density at radius 2 is 2.23 bits per heavy atom. The molecule has 1 aliphatic heterocycles. The van der Waals surface area contributed by atoms with Gasteiger partial charge in [0, 0.05) is 19.5 Å². The number of hydrogen-bond acceptors (Lipinski definition) is 2. The molecule has 1 amide bonds. The molecule has 0 bridgehead atoms. The lowest BCUT2D eigenvalue weighted by atomic mass is 9.94. The van der Waals surface area contributed by atoms with Crippen LogP contribution in [0.3, 0.4) is 0 Å². The molecular formula is C10H14N2O. The third-order valence-electron chi connectivity index (χ3n) is 3.24. The van der Waals surface area contributed by atoms with Gasteiger partial charge >= 0.3 is 0 Å². The molecule has 0 aromatic carbocycles. The minimum absolute atomic E-state index is 0.0939. The van der Waals surface area contributed by atoms with E-state index in [1.807, 2.05) is 7.05 Å². The van der Waals surface area contributed by atoms with Crippen molar-refractivity contribution in [2.75, 3.05) is 7.05 Å². The number of amides is 1. The maximum Gasteiger partial charge on any atom is 0.222 e. The van der Waals surface area contributed by atoms with Gasteiger partial charge in [-0.3, -0.25) is 4.79 Å². The molecule has 0 aromatic rings. The van der Waals surface area contributed by atoms with E-state index < -0.39 is 0 Å². The van der Waals surface area contributed by atoms with E-state index in [-0.39, 0.29) is 17.9 Å². The van der Waals surface area contributed by atoms with Gasteiger partial charge in [-0.05, 0) is 25.2 Å². The van der Waals surface area contributed by atoms with Crippen LogP contribution < -0.4 is 0 Å². The first-order chi connectivity index (χ1) is 6.24. The van der Waals surface area contributed by atoms with Gasteiger partial charge in [0.2, 0.25) is 5.91 Å². The monoisotopic (exact) mass is 178 g/mol. The van der Waals surface area contributed by atoms with E-state index in [1.165, 1.54) is 12.8 Å². The Bertz CT molecular complexity index is 265. The lowest BCUT2D eigenvalue weighted by Crippen LogP contribution is -2.35. The summed E-state index contributed by atoms with van der Waals surface area (Å²) in [5.41, 5.74) is 0. The van der Waals surface area contributed by atoms with Gasteiger partial charge in [0.15, 0.2) is 0 Å². The average molecular weight is 178 g/mol. The van der Waals surface area contributed by atoms with Crippen LogP contribution in [0.15, 0.2) is 0 Å². The predicted molar refractivity (Wildman–Crippen MR) is 47.6 cm³/mol. The molecule has 3 heteroatoms. The largest absolute Gasteiger partial charge is 0.341 e. The van der Waals surface area contributed by atoms with Gasteiger partial charge in [0.25, 0.3) is 0 Å². The van der Waals surface area contributed by atoms with Crippen molar-refractivity contribution in [3.63, 3.8) is 0 Å². The summed E-state index contributed by atoms with van der Waals surface area (Å²) in [6.07, 6.45) is 3.86. The van der Waals surface area contributed by atoms with E-state index in [0.717, 1.165) is 6.42 Å². The third kappa shape index (κ3) is 1.41. The summed E-state index contributed by atoms with van der Waals surface area (Å²) in [6.45, 7) is 0. The molecule has 1 saturated heterocycles. The van der Waals surface area contributed by atoms with Crippen molar-refractivity contribution in [3.8, 4) is 6.07 Å². The Morgan fingerprint density at radius 1 is 1.54 bits per heavy atom. The van der Waals surface area contributed by atoms with Crippen molar-refractivity contribution in [3.05, 3.63) is 0 Å². The fraction of sp³-hybridized carbons (Fsp3) is 0.800. The van der Waals surface area contributed by atoms with Gasteiger partial charge in [-0.2, -0.15) is 5.26 Å². The molecule has 1 heterocycles. The summed E-state index contributed by atoms with van der Waals surface area (Å²) < 4.78 is 0. The van der Waals surface area contributed by atoms with E-state index in [9.17, 15) is 4.79 Å². The summed E-state index contributed by atoms with van der Waals surface area (Å²) in [4.78, 5) is 13.0. The SMILES string of the molecule is CN1C(=O)CCC1C(C#N)C1CC1. The molecule has 3 nitrogen and oxygen atoms in total. The topological polar surface area (TPSA) is 44.1 Å². The lowest BCUT2D eigenvalue weighted by molar-refractivity contribution is -0.128. The lowest BCUT2D eigenvalue weighted by Gasteiger charge is -2.23. The van der Waals surface area contributed by atoms with Gasteiger partial charge in [0.1, 0.15) is 0 Å². The van der Waals surface area contributed by atoms with Crippen LogP contribution in [0.4, 0.5) is 0 Å². The fourth-order valence-electron chi connectivity index (χ4n) is 2.21. The smallest absolute Gasteiger partial charge is 0.222 e. The maximum absolute atomic E-state index is 11.3. The second-order valence-electron chi connectivity index (χ2n) is 4.10. The highest BCUT2D eigenvalue weighted by atomic mass is 16.2. The quantitative estimate of drug-likeness (QED) is 0.636. The summed E-state index contributed by atoms with van der Waals surface area (Å²) >= 11 is 0. The van der Waals surface area contributed by atoms with Crippen LogP contribution in [0.5, 0.6) is 0 Å². The van der Waals surface area contributed by atoms with Crippen molar-refractivity contribution >= 4 is 5.91 Å². The molecule has 70 valence electrons. The average Bonchev–Trinajstić information content (AvgIpc) is 2.89. The Morgan fingerprint density at radius 3 is 2.62 bits per heavy atom. The van der Waals surface area contributed by atoms with Crippen LogP contribution >= 0.6 is 0 Å². The van der Waals surface area contributed by atoms with Crippen LogP contribution in [0, 0.1) is 23.2 Å². The van der Waals surface area contributed by atoms with E-state index >= 15 is 0 Å². The van der Waals surface area contributed by atoms with Gasteiger partial charge in [-0.25, -0.2) is 0 Å². The molecule has 2 atom stereocenters. The van der Waals surface area contributed by atoms with Gasteiger partial charge in [-0.1, -0.05) is 0 Å². The fourth-order valence-corrected chi connectivity index (χ4v) is 2.21. The summed E-state index contributed by atoms with van der Waals surface area (Å²) in [5, 5.41) is 9.01. The number of hydrogen-bond donors (Lipinski definition) is 0. The predicted octanol–water partition coefficient (Wildman–Crippen LogP) is 1.16. The number of likely N-dealkylation sites (tertiary alicyclic amines) is 1. The summed E-state index contributed by atoms with van der Waals surface area (Å²) in [5.74, 6) is 0.866. The molecule has 0 aromatic heterocycles. The third-order valence-corrected chi connectivity index (χ3v) is 3.24. The normalized spacial score (nSPS) is 30.3.